The van der Waals surface area contributed by atoms with Crippen LogP contribution in [0.25, 0.3) is 27.9 Å². The summed E-state index contributed by atoms with van der Waals surface area (Å²) in [5.41, 5.74) is 4.38. The van der Waals surface area contributed by atoms with E-state index in [9.17, 15) is 4.79 Å². The Morgan fingerprint density at radius 2 is 2.07 bits per heavy atom. The Balaban J connectivity index is 1.57. The van der Waals surface area contributed by atoms with Crippen molar-refractivity contribution in [2.75, 3.05) is 31.1 Å². The second-order valence-corrected chi connectivity index (χ2v) is 7.31. The Hall–Kier alpha value is -3.12. The molecule has 3 aromatic heterocycles. The molecule has 1 N–H and O–H groups in total. The molecule has 6 heteroatoms. The van der Waals surface area contributed by atoms with E-state index in [0.717, 1.165) is 54.9 Å². The number of nitrogens with one attached hydrogen (secondary N) is 1. The minimum absolute atomic E-state index is 0.358. The zero-order chi connectivity index (χ0) is 19.1. The Labute approximate surface area is 162 Å². The van der Waals surface area contributed by atoms with E-state index >= 15 is 0 Å². The summed E-state index contributed by atoms with van der Waals surface area (Å²) in [5.74, 6) is 0. The lowest BCUT2D eigenvalue weighted by atomic mass is 10.1. The van der Waals surface area contributed by atoms with E-state index in [0.29, 0.717) is 16.8 Å². The van der Waals surface area contributed by atoms with Gasteiger partial charge in [-0.25, -0.2) is 9.78 Å². The number of rotatable bonds is 2. The highest BCUT2D eigenvalue weighted by molar-refractivity contribution is 5.84. The maximum Gasteiger partial charge on any atom is 0.345 e. The van der Waals surface area contributed by atoms with E-state index in [-0.39, 0.29) is 5.63 Å². The van der Waals surface area contributed by atoms with Crippen molar-refractivity contribution in [3.8, 4) is 11.3 Å². The molecule has 0 radical (unpaired) electrons. The number of nitrogens with zero attached hydrogens (tertiary/aromatic N) is 3. The standard InChI is InChI=1S/C22H22N4O2/c1-15-4-2-9-26-14-19(24-21(15)26)18-12-16-5-6-17(13-20(16)28-22(18)27)25-10-3-7-23-8-11-25/h2,4-6,9,12-14,23H,3,7-8,10-11H2,1H3. The molecule has 1 saturated heterocycles. The van der Waals surface area contributed by atoms with Crippen molar-refractivity contribution in [3.63, 3.8) is 0 Å². The highest BCUT2D eigenvalue weighted by Crippen LogP contribution is 2.26. The van der Waals surface area contributed by atoms with Crippen LogP contribution in [0.1, 0.15) is 12.0 Å². The normalized spacial score (nSPS) is 15.2. The summed E-state index contributed by atoms with van der Waals surface area (Å²) in [7, 11) is 0. The van der Waals surface area contributed by atoms with Crippen LogP contribution in [0.2, 0.25) is 0 Å². The molecule has 1 fully saturated rings. The van der Waals surface area contributed by atoms with E-state index in [4.69, 9.17) is 4.42 Å². The molecule has 0 atom stereocenters. The number of hydrogen-bond acceptors (Lipinski definition) is 5. The number of anilines is 1. The van der Waals surface area contributed by atoms with Crippen molar-refractivity contribution in [1.82, 2.24) is 14.7 Å². The van der Waals surface area contributed by atoms with Crippen LogP contribution < -0.4 is 15.8 Å². The van der Waals surface area contributed by atoms with Gasteiger partial charge in [0.05, 0.1) is 11.3 Å². The van der Waals surface area contributed by atoms with Crippen molar-refractivity contribution >= 4 is 22.3 Å². The molecule has 0 amide bonds. The van der Waals surface area contributed by atoms with Crippen LogP contribution in [0.3, 0.4) is 0 Å². The van der Waals surface area contributed by atoms with Crippen molar-refractivity contribution in [3.05, 3.63) is 64.8 Å². The number of fused-ring (bicyclic) bond motifs is 2. The molecule has 1 aliphatic heterocycles. The maximum atomic E-state index is 12.7. The van der Waals surface area contributed by atoms with Crippen LogP contribution in [0, 0.1) is 6.92 Å². The zero-order valence-corrected chi connectivity index (χ0v) is 15.8. The third-order valence-electron chi connectivity index (χ3n) is 5.38. The molecule has 0 unspecified atom stereocenters. The topological polar surface area (TPSA) is 62.8 Å². The number of imidazole rings is 1. The SMILES string of the molecule is Cc1cccn2cc(-c3cc4ccc(N5CCCNCC5)cc4oc3=O)nc12. The molecule has 142 valence electrons. The van der Waals surface area contributed by atoms with Crippen LogP contribution in [0.4, 0.5) is 5.69 Å². The van der Waals surface area contributed by atoms with Crippen molar-refractivity contribution in [2.45, 2.75) is 13.3 Å². The molecule has 6 nitrogen and oxygen atoms in total. The monoisotopic (exact) mass is 374 g/mol. The van der Waals surface area contributed by atoms with Crippen LogP contribution in [0.5, 0.6) is 0 Å². The summed E-state index contributed by atoms with van der Waals surface area (Å²) in [6, 6.07) is 12.0. The number of benzene rings is 1. The second kappa shape index (κ2) is 6.80. The Morgan fingerprint density at radius 3 is 2.96 bits per heavy atom. The van der Waals surface area contributed by atoms with Crippen molar-refractivity contribution in [1.29, 1.82) is 0 Å². The van der Waals surface area contributed by atoms with Crippen LogP contribution in [-0.2, 0) is 0 Å². The summed E-state index contributed by atoms with van der Waals surface area (Å²) in [4.78, 5) is 19.7. The summed E-state index contributed by atoms with van der Waals surface area (Å²) >= 11 is 0. The molecule has 0 saturated carbocycles. The number of aryl methyl sites for hydroxylation is 1. The summed E-state index contributed by atoms with van der Waals surface area (Å²) in [6.45, 7) is 5.97. The van der Waals surface area contributed by atoms with E-state index in [1.54, 1.807) is 0 Å². The number of aromatic nitrogens is 2. The van der Waals surface area contributed by atoms with Gasteiger partial charge >= 0.3 is 5.63 Å². The molecule has 1 aliphatic rings. The first-order valence-electron chi connectivity index (χ1n) is 9.67. The lowest BCUT2D eigenvalue weighted by Crippen LogP contribution is -2.27. The lowest BCUT2D eigenvalue weighted by Gasteiger charge is -2.22. The van der Waals surface area contributed by atoms with E-state index in [2.05, 4.69) is 21.3 Å². The van der Waals surface area contributed by atoms with E-state index < -0.39 is 0 Å². The third-order valence-corrected chi connectivity index (χ3v) is 5.38. The molecular formula is C22H22N4O2. The van der Waals surface area contributed by atoms with Gasteiger partial charge in [0.2, 0.25) is 0 Å². The van der Waals surface area contributed by atoms with Gasteiger partial charge in [-0.05, 0) is 49.7 Å². The Morgan fingerprint density at radius 1 is 1.14 bits per heavy atom. The van der Waals surface area contributed by atoms with Gasteiger partial charge in [-0.15, -0.1) is 0 Å². The fourth-order valence-corrected chi connectivity index (χ4v) is 3.86. The molecule has 0 spiro atoms. The Bertz CT molecular complexity index is 1220. The van der Waals surface area contributed by atoms with Crippen LogP contribution in [-0.4, -0.2) is 35.6 Å². The average molecular weight is 374 g/mol. The van der Waals surface area contributed by atoms with Gasteiger partial charge in [0.1, 0.15) is 11.2 Å². The fraction of sp³-hybridized carbons (Fsp3) is 0.273. The first kappa shape index (κ1) is 17.0. The smallest absolute Gasteiger partial charge is 0.345 e. The van der Waals surface area contributed by atoms with Gasteiger partial charge in [0.25, 0.3) is 0 Å². The number of hydrogen-bond donors (Lipinski definition) is 1. The molecule has 4 aromatic rings. The largest absolute Gasteiger partial charge is 0.422 e. The molecule has 0 bridgehead atoms. The minimum atomic E-state index is -0.358. The highest BCUT2D eigenvalue weighted by atomic mass is 16.4. The van der Waals surface area contributed by atoms with Gasteiger partial charge in [0.15, 0.2) is 0 Å². The molecular weight excluding hydrogens is 352 g/mol. The van der Waals surface area contributed by atoms with Gasteiger partial charge in [-0.2, -0.15) is 0 Å². The number of pyridine rings is 1. The van der Waals surface area contributed by atoms with E-state index in [1.807, 2.05) is 54.0 Å². The van der Waals surface area contributed by atoms with Gasteiger partial charge in [-0.3, -0.25) is 0 Å². The van der Waals surface area contributed by atoms with Crippen LogP contribution >= 0.6 is 0 Å². The molecule has 0 aliphatic carbocycles. The van der Waals surface area contributed by atoms with Crippen molar-refractivity contribution in [2.24, 2.45) is 0 Å². The summed E-state index contributed by atoms with van der Waals surface area (Å²) < 4.78 is 7.62. The first-order valence-corrected chi connectivity index (χ1v) is 9.67. The maximum absolute atomic E-state index is 12.7. The van der Waals surface area contributed by atoms with Gasteiger partial charge in [-0.1, -0.05) is 6.07 Å². The van der Waals surface area contributed by atoms with Gasteiger partial charge in [0, 0.05) is 49.2 Å². The molecule has 4 heterocycles. The fourth-order valence-electron chi connectivity index (χ4n) is 3.86. The summed E-state index contributed by atoms with van der Waals surface area (Å²) in [6.07, 6.45) is 4.91. The van der Waals surface area contributed by atoms with Gasteiger partial charge < -0.3 is 19.0 Å². The quantitative estimate of drug-likeness (QED) is 0.546. The highest BCUT2D eigenvalue weighted by Gasteiger charge is 2.15. The zero-order valence-electron chi connectivity index (χ0n) is 15.8. The molecule has 28 heavy (non-hydrogen) atoms. The summed E-state index contributed by atoms with van der Waals surface area (Å²) in [5, 5.41) is 4.31. The predicted octanol–water partition coefficient (Wildman–Crippen LogP) is 3.22. The minimum Gasteiger partial charge on any atom is -0.422 e. The average Bonchev–Trinajstić information content (AvgIpc) is 2.95. The third kappa shape index (κ3) is 2.96. The lowest BCUT2D eigenvalue weighted by molar-refractivity contribution is 0.563. The molecule has 1 aromatic carbocycles. The predicted molar refractivity (Wildman–Crippen MR) is 111 cm³/mol. The second-order valence-electron chi connectivity index (χ2n) is 7.31. The van der Waals surface area contributed by atoms with Crippen LogP contribution in [0.15, 0.2) is 58.0 Å². The Kier molecular flexibility index (Phi) is 4.13. The first-order chi connectivity index (χ1) is 13.7. The van der Waals surface area contributed by atoms with E-state index in [1.165, 1.54) is 0 Å². The molecule has 5 rings (SSSR count). The van der Waals surface area contributed by atoms with Crippen molar-refractivity contribution < 1.29 is 4.42 Å².